The number of hydrogen-bond donors (Lipinski definition) is 2. The molecule has 0 aromatic heterocycles. The largest absolute Gasteiger partial charge is 0.322 e. The molecule has 0 saturated heterocycles. The van der Waals surface area contributed by atoms with Crippen molar-refractivity contribution in [1.82, 2.24) is 4.72 Å². The summed E-state index contributed by atoms with van der Waals surface area (Å²) < 4.78 is 53.8. The maximum Gasteiger partial charge on any atom is 0.262 e. The Morgan fingerprint density at radius 1 is 1.12 bits per heavy atom. The van der Waals surface area contributed by atoms with Crippen molar-refractivity contribution in [2.45, 2.75) is 17.7 Å². The summed E-state index contributed by atoms with van der Waals surface area (Å²) in [5.74, 6) is -2.22. The maximum absolute atomic E-state index is 13.7. The zero-order valence-corrected chi connectivity index (χ0v) is 14.3. The zero-order chi connectivity index (χ0) is 18.7. The van der Waals surface area contributed by atoms with Crippen LogP contribution in [0.2, 0.25) is 0 Å². The van der Waals surface area contributed by atoms with E-state index in [2.05, 4.69) is 15.0 Å². The van der Waals surface area contributed by atoms with E-state index >= 15 is 0 Å². The first-order valence-corrected chi connectivity index (χ1v) is 9.26. The number of aliphatic imine (C=N–C) groups is 1. The second-order valence-corrected chi connectivity index (χ2v) is 7.33. The molecule has 1 aliphatic rings. The standard InChI is InChI=1S/C17H15F2N3O3S/c18-11-6-7-14(15(19)9-11)17(23)21-12-3-1-4-13(10-12)26(24,25)22-16-5-2-8-20-16/h1,3-4,6-7,9-10H,2,5,8H2,(H,20,22)(H,21,23). The topological polar surface area (TPSA) is 87.6 Å². The number of halogens is 2. The molecule has 1 aliphatic heterocycles. The Balaban J connectivity index is 1.79. The summed E-state index contributed by atoms with van der Waals surface area (Å²) in [6, 6.07) is 8.10. The molecular formula is C17H15F2N3O3S. The molecule has 3 rings (SSSR count). The highest BCUT2D eigenvalue weighted by Crippen LogP contribution is 2.18. The van der Waals surface area contributed by atoms with Gasteiger partial charge in [0.15, 0.2) is 0 Å². The predicted molar refractivity (Wildman–Crippen MR) is 92.6 cm³/mol. The number of sulfonamides is 1. The van der Waals surface area contributed by atoms with Crippen molar-refractivity contribution in [1.29, 1.82) is 0 Å². The van der Waals surface area contributed by atoms with Crippen LogP contribution in [0.15, 0.2) is 52.4 Å². The summed E-state index contributed by atoms with van der Waals surface area (Å²) in [5, 5.41) is 2.40. The van der Waals surface area contributed by atoms with Crippen LogP contribution >= 0.6 is 0 Å². The fraction of sp³-hybridized carbons (Fsp3) is 0.176. The smallest absolute Gasteiger partial charge is 0.262 e. The summed E-state index contributed by atoms with van der Waals surface area (Å²) in [5.41, 5.74) is -0.187. The SMILES string of the molecule is O=C(Nc1cccc(S(=O)(=O)NC2=NCCC2)c1)c1ccc(F)cc1F. The molecule has 26 heavy (non-hydrogen) atoms. The number of rotatable bonds is 4. The quantitative estimate of drug-likeness (QED) is 0.856. The fourth-order valence-electron chi connectivity index (χ4n) is 2.45. The van der Waals surface area contributed by atoms with Gasteiger partial charge >= 0.3 is 0 Å². The van der Waals surface area contributed by atoms with Crippen LogP contribution in [0.5, 0.6) is 0 Å². The lowest BCUT2D eigenvalue weighted by atomic mass is 10.2. The average molecular weight is 379 g/mol. The second-order valence-electron chi connectivity index (χ2n) is 5.64. The van der Waals surface area contributed by atoms with E-state index in [0.29, 0.717) is 24.9 Å². The normalized spacial score (nSPS) is 14.0. The number of nitrogens with one attached hydrogen (secondary N) is 2. The molecule has 0 aliphatic carbocycles. The Morgan fingerprint density at radius 2 is 1.92 bits per heavy atom. The first-order valence-electron chi connectivity index (χ1n) is 7.78. The minimum absolute atomic E-state index is 0.0653. The molecule has 0 saturated carbocycles. The second kappa shape index (κ2) is 7.20. The maximum atomic E-state index is 13.7. The van der Waals surface area contributed by atoms with Gasteiger partial charge in [-0.2, -0.15) is 0 Å². The summed E-state index contributed by atoms with van der Waals surface area (Å²) in [6.45, 7) is 0.581. The predicted octanol–water partition coefficient (Wildman–Crippen LogP) is 2.69. The molecule has 0 fully saturated rings. The van der Waals surface area contributed by atoms with Gasteiger partial charge in [-0.1, -0.05) is 6.07 Å². The van der Waals surface area contributed by atoms with Crippen LogP contribution in [0, 0.1) is 11.6 Å². The van der Waals surface area contributed by atoms with Gasteiger partial charge < -0.3 is 5.32 Å². The molecule has 9 heteroatoms. The zero-order valence-electron chi connectivity index (χ0n) is 13.5. The Hall–Kier alpha value is -2.81. The monoisotopic (exact) mass is 379 g/mol. The summed E-state index contributed by atoms with van der Waals surface area (Å²) in [6.07, 6.45) is 1.34. The molecule has 0 atom stereocenters. The van der Waals surface area contributed by atoms with Crippen LogP contribution in [-0.2, 0) is 10.0 Å². The summed E-state index contributed by atoms with van der Waals surface area (Å²) >= 11 is 0. The number of amidine groups is 1. The van der Waals surface area contributed by atoms with Crippen LogP contribution in [0.4, 0.5) is 14.5 Å². The minimum atomic E-state index is -3.84. The number of carbonyl (C=O) groups excluding carboxylic acids is 1. The number of benzene rings is 2. The van der Waals surface area contributed by atoms with Crippen molar-refractivity contribution in [3.05, 3.63) is 59.7 Å². The Labute approximate surface area is 149 Å². The number of amides is 1. The lowest BCUT2D eigenvalue weighted by Crippen LogP contribution is -2.29. The van der Waals surface area contributed by atoms with E-state index in [9.17, 15) is 22.0 Å². The van der Waals surface area contributed by atoms with Gasteiger partial charge in [0.05, 0.1) is 10.5 Å². The van der Waals surface area contributed by atoms with Crippen molar-refractivity contribution in [2.24, 2.45) is 4.99 Å². The van der Waals surface area contributed by atoms with Crippen molar-refractivity contribution >= 4 is 27.5 Å². The van der Waals surface area contributed by atoms with E-state index in [1.165, 1.54) is 24.3 Å². The van der Waals surface area contributed by atoms with Gasteiger partial charge in [-0.15, -0.1) is 0 Å². The van der Waals surface area contributed by atoms with Crippen LogP contribution in [0.3, 0.4) is 0 Å². The third-order valence-electron chi connectivity index (χ3n) is 3.70. The Bertz CT molecular complexity index is 990. The van der Waals surface area contributed by atoms with Crippen LogP contribution in [-0.4, -0.2) is 26.7 Å². The van der Waals surface area contributed by atoms with Crippen molar-refractivity contribution < 1.29 is 22.0 Å². The third-order valence-corrected chi connectivity index (χ3v) is 5.08. The molecule has 6 nitrogen and oxygen atoms in total. The average Bonchev–Trinajstić information content (AvgIpc) is 3.07. The summed E-state index contributed by atoms with van der Waals surface area (Å²) in [4.78, 5) is 16.1. The minimum Gasteiger partial charge on any atom is -0.322 e. The van der Waals surface area contributed by atoms with Crippen LogP contribution < -0.4 is 10.0 Å². The molecule has 1 heterocycles. The first-order chi connectivity index (χ1) is 12.3. The van der Waals surface area contributed by atoms with Gasteiger partial charge in [0, 0.05) is 24.7 Å². The number of hydrogen-bond acceptors (Lipinski definition) is 4. The molecular weight excluding hydrogens is 364 g/mol. The number of carbonyl (C=O) groups is 1. The third kappa shape index (κ3) is 4.05. The van der Waals surface area contributed by atoms with Crippen LogP contribution in [0.1, 0.15) is 23.2 Å². The lowest BCUT2D eigenvalue weighted by Gasteiger charge is -2.10. The van der Waals surface area contributed by atoms with Gasteiger partial charge in [0.1, 0.15) is 17.5 Å². The van der Waals surface area contributed by atoms with Crippen molar-refractivity contribution in [3.63, 3.8) is 0 Å². The first kappa shape index (κ1) is 18.0. The number of nitrogens with zero attached hydrogens (tertiary/aromatic N) is 1. The van der Waals surface area contributed by atoms with Gasteiger partial charge in [-0.25, -0.2) is 17.2 Å². The fourth-order valence-corrected chi connectivity index (χ4v) is 3.58. The van der Waals surface area contributed by atoms with Crippen molar-refractivity contribution in [3.8, 4) is 0 Å². The molecule has 2 aromatic carbocycles. The lowest BCUT2D eigenvalue weighted by molar-refractivity contribution is 0.102. The van der Waals surface area contributed by atoms with Crippen LogP contribution in [0.25, 0.3) is 0 Å². The van der Waals surface area contributed by atoms with E-state index in [-0.39, 0.29) is 16.1 Å². The molecule has 0 radical (unpaired) electrons. The van der Waals surface area contributed by atoms with E-state index in [1.807, 2.05) is 0 Å². The molecule has 2 N–H and O–H groups in total. The van der Waals surface area contributed by atoms with Crippen molar-refractivity contribution in [2.75, 3.05) is 11.9 Å². The molecule has 136 valence electrons. The van der Waals surface area contributed by atoms with E-state index < -0.39 is 27.6 Å². The highest BCUT2D eigenvalue weighted by Gasteiger charge is 2.19. The van der Waals surface area contributed by atoms with E-state index in [0.717, 1.165) is 18.6 Å². The number of anilines is 1. The van der Waals surface area contributed by atoms with Gasteiger partial charge in [-0.05, 0) is 36.8 Å². The molecule has 0 spiro atoms. The van der Waals surface area contributed by atoms with Gasteiger partial charge in [0.2, 0.25) is 0 Å². The molecule has 0 unspecified atom stereocenters. The van der Waals surface area contributed by atoms with E-state index in [1.54, 1.807) is 0 Å². The highest BCUT2D eigenvalue weighted by atomic mass is 32.2. The Morgan fingerprint density at radius 3 is 2.62 bits per heavy atom. The molecule has 1 amide bonds. The molecule has 0 bridgehead atoms. The van der Waals surface area contributed by atoms with E-state index in [4.69, 9.17) is 0 Å². The molecule has 2 aromatic rings. The summed E-state index contributed by atoms with van der Waals surface area (Å²) in [7, 11) is -3.84. The highest BCUT2D eigenvalue weighted by molar-refractivity contribution is 7.90. The van der Waals surface area contributed by atoms with Gasteiger partial charge in [-0.3, -0.25) is 14.5 Å². The van der Waals surface area contributed by atoms with Gasteiger partial charge in [0.25, 0.3) is 15.9 Å². The Kier molecular flexibility index (Phi) is 4.99.